The van der Waals surface area contributed by atoms with Gasteiger partial charge in [-0.15, -0.1) is 0 Å². The predicted octanol–water partition coefficient (Wildman–Crippen LogP) is -0.0223. The van der Waals surface area contributed by atoms with Crippen LogP contribution in [0.4, 0.5) is 0 Å². The molecule has 0 saturated carbocycles. The maximum atomic E-state index is 5.70. The molecule has 0 aromatic heterocycles. The van der Waals surface area contributed by atoms with Crippen molar-refractivity contribution in [2.45, 2.75) is 12.5 Å². The van der Waals surface area contributed by atoms with Gasteiger partial charge in [0.05, 0.1) is 0 Å². The van der Waals surface area contributed by atoms with Crippen LogP contribution in [0, 0.1) is 0 Å². The number of hydrogen-bond acceptors (Lipinski definition) is 4. The van der Waals surface area contributed by atoms with Crippen molar-refractivity contribution in [1.29, 1.82) is 0 Å². The molecule has 0 aromatic rings. The Morgan fingerprint density at radius 2 is 2.00 bits per heavy atom. The molecule has 0 unspecified atom stereocenters. The second-order valence-corrected chi connectivity index (χ2v) is 8.34. The minimum absolute atomic E-state index is 1.01. The van der Waals surface area contributed by atoms with Crippen molar-refractivity contribution in [3.8, 4) is 0 Å². The number of rotatable bonds is 2. The van der Waals surface area contributed by atoms with E-state index < -0.39 is 8.16 Å². The number of nitrogens with zero attached hydrogens (tertiary/aromatic N) is 1. The van der Waals surface area contributed by atoms with Gasteiger partial charge in [0.25, 0.3) is 0 Å². The van der Waals surface area contributed by atoms with Gasteiger partial charge >= 0.3 is 72.9 Å². The standard InChI is InChI=1S/C7H17N2O2Si/c1-10-12(11-2)7-3-5-9(12)6-4-8-12/h8H,3-7H2,1-2H3/q-1. The topological polar surface area (TPSA) is 33.7 Å². The fourth-order valence-corrected chi connectivity index (χ4v) is 7.29. The van der Waals surface area contributed by atoms with Gasteiger partial charge < -0.3 is 0 Å². The van der Waals surface area contributed by atoms with Crippen molar-refractivity contribution in [2.24, 2.45) is 0 Å². The van der Waals surface area contributed by atoms with Gasteiger partial charge in [-0.2, -0.15) is 0 Å². The van der Waals surface area contributed by atoms with Crippen LogP contribution in [-0.4, -0.2) is 46.6 Å². The Balaban J connectivity index is 2.35. The molecule has 12 heavy (non-hydrogen) atoms. The van der Waals surface area contributed by atoms with E-state index in [-0.39, 0.29) is 0 Å². The van der Waals surface area contributed by atoms with Gasteiger partial charge in [-0.3, -0.25) is 0 Å². The Bertz CT molecular complexity index is 182. The van der Waals surface area contributed by atoms with Crippen LogP contribution in [0.5, 0.6) is 0 Å². The molecule has 2 aliphatic rings. The molecule has 2 heterocycles. The molecule has 5 heteroatoms. The molecular weight excluding hydrogens is 172 g/mol. The van der Waals surface area contributed by atoms with Crippen molar-refractivity contribution in [1.82, 2.24) is 9.55 Å². The molecule has 72 valence electrons. The molecule has 0 atom stereocenters. The third kappa shape index (κ3) is 0.803. The Hall–Kier alpha value is 0.0569. The van der Waals surface area contributed by atoms with Gasteiger partial charge in [-0.25, -0.2) is 0 Å². The Labute approximate surface area is 73.6 Å². The summed E-state index contributed by atoms with van der Waals surface area (Å²) in [4.78, 5) is 3.48. The normalized spacial score (nSPS) is 35.7. The van der Waals surface area contributed by atoms with Gasteiger partial charge in [-0.05, 0) is 0 Å². The van der Waals surface area contributed by atoms with Gasteiger partial charge in [0.1, 0.15) is 0 Å². The zero-order valence-electron chi connectivity index (χ0n) is 7.80. The van der Waals surface area contributed by atoms with Gasteiger partial charge in [-0.1, -0.05) is 0 Å². The van der Waals surface area contributed by atoms with E-state index in [1.807, 2.05) is 0 Å². The third-order valence-corrected chi connectivity index (χ3v) is 8.98. The molecule has 0 bridgehead atoms. The Kier molecular flexibility index (Phi) is 1.82. The summed E-state index contributed by atoms with van der Waals surface area (Å²) in [5.41, 5.74) is 0. The summed E-state index contributed by atoms with van der Waals surface area (Å²) in [5.74, 6) is 0. The Morgan fingerprint density at radius 3 is 2.58 bits per heavy atom. The first-order valence-corrected chi connectivity index (χ1v) is 7.01. The van der Waals surface area contributed by atoms with E-state index >= 15 is 0 Å². The van der Waals surface area contributed by atoms with Crippen LogP contribution in [0.1, 0.15) is 6.42 Å². The van der Waals surface area contributed by atoms with E-state index in [1.54, 1.807) is 14.2 Å². The zero-order valence-corrected chi connectivity index (χ0v) is 8.80. The molecule has 2 aliphatic heterocycles. The van der Waals surface area contributed by atoms with Crippen molar-refractivity contribution in [2.75, 3.05) is 33.9 Å². The van der Waals surface area contributed by atoms with Crippen molar-refractivity contribution < 1.29 is 8.85 Å². The Morgan fingerprint density at radius 1 is 1.25 bits per heavy atom. The number of fused-ring (bicyclic) bond motifs is 1. The van der Waals surface area contributed by atoms with Crippen molar-refractivity contribution in [3.63, 3.8) is 0 Å². The van der Waals surface area contributed by atoms with Gasteiger partial charge in [0.2, 0.25) is 0 Å². The summed E-state index contributed by atoms with van der Waals surface area (Å²) in [6.45, 7) is 3.22. The fourth-order valence-electron chi connectivity index (χ4n) is 2.63. The first-order chi connectivity index (χ1) is 5.75. The average Bonchev–Trinajstić information content (AvgIpc) is 2.59. The van der Waals surface area contributed by atoms with Crippen LogP contribution in [0.15, 0.2) is 0 Å². The summed E-state index contributed by atoms with van der Waals surface area (Å²) < 4.78 is 13.8. The molecule has 4 nitrogen and oxygen atoms in total. The van der Waals surface area contributed by atoms with Gasteiger partial charge in [0.15, 0.2) is 0 Å². The van der Waals surface area contributed by atoms with Crippen LogP contribution in [-0.2, 0) is 8.85 Å². The first kappa shape index (κ1) is 8.65. The molecule has 2 saturated heterocycles. The van der Waals surface area contributed by atoms with E-state index in [4.69, 9.17) is 8.85 Å². The zero-order chi connectivity index (χ0) is 8.68. The second-order valence-electron chi connectivity index (χ2n) is 3.63. The van der Waals surface area contributed by atoms with Gasteiger partial charge in [0, 0.05) is 0 Å². The maximum absolute atomic E-state index is 5.70. The molecular formula is C7H17N2O2Si-. The van der Waals surface area contributed by atoms with Crippen LogP contribution in [0.3, 0.4) is 0 Å². The van der Waals surface area contributed by atoms with E-state index in [1.165, 1.54) is 6.42 Å². The van der Waals surface area contributed by atoms with Crippen LogP contribution in [0.25, 0.3) is 0 Å². The van der Waals surface area contributed by atoms with E-state index in [0.29, 0.717) is 0 Å². The molecule has 0 aliphatic carbocycles. The summed E-state index contributed by atoms with van der Waals surface area (Å²) in [5, 5.41) is 0. The summed E-state index contributed by atoms with van der Waals surface area (Å²) in [6, 6.07) is 1.06. The summed E-state index contributed by atoms with van der Waals surface area (Å²) in [6.07, 6.45) is 1.20. The monoisotopic (exact) mass is 189 g/mol. The van der Waals surface area contributed by atoms with Crippen LogP contribution in [0.2, 0.25) is 6.04 Å². The van der Waals surface area contributed by atoms with Crippen LogP contribution >= 0.6 is 0 Å². The average molecular weight is 189 g/mol. The first-order valence-electron chi connectivity index (χ1n) is 4.54. The molecule has 0 aromatic carbocycles. The molecule has 1 N–H and O–H groups in total. The SMILES string of the molecule is CO[Si-]12(OC)CCCN1CCN2. The van der Waals surface area contributed by atoms with E-state index in [0.717, 1.165) is 25.7 Å². The fraction of sp³-hybridized carbons (Fsp3) is 1.00. The molecule has 0 radical (unpaired) electrons. The minimum atomic E-state index is -2.74. The molecule has 2 rings (SSSR count). The number of nitrogens with one attached hydrogen (secondary N) is 1. The summed E-state index contributed by atoms with van der Waals surface area (Å²) in [7, 11) is 0.803. The summed E-state index contributed by atoms with van der Waals surface area (Å²) >= 11 is 0. The molecule has 0 amide bonds. The van der Waals surface area contributed by atoms with E-state index in [2.05, 4.69) is 9.55 Å². The van der Waals surface area contributed by atoms with Crippen molar-refractivity contribution in [3.05, 3.63) is 0 Å². The quantitative estimate of drug-likeness (QED) is 0.619. The molecule has 2 fully saturated rings. The van der Waals surface area contributed by atoms with Crippen molar-refractivity contribution >= 4 is 8.16 Å². The third-order valence-electron chi connectivity index (χ3n) is 3.38. The van der Waals surface area contributed by atoms with Crippen LogP contribution < -0.4 is 4.98 Å². The van der Waals surface area contributed by atoms with E-state index in [9.17, 15) is 0 Å². The number of hydrogen-bond donors (Lipinski definition) is 1. The second kappa shape index (κ2) is 2.52. The molecule has 0 spiro atoms. The predicted molar refractivity (Wildman–Crippen MR) is 48.8 cm³/mol.